The minimum atomic E-state index is 0.598. The molecule has 0 radical (unpaired) electrons. The van der Waals surface area contributed by atoms with E-state index in [-0.39, 0.29) is 0 Å². The van der Waals surface area contributed by atoms with Crippen LogP contribution in [0.4, 0.5) is 0 Å². The van der Waals surface area contributed by atoms with Crippen molar-refractivity contribution < 1.29 is 0 Å². The van der Waals surface area contributed by atoms with Crippen LogP contribution in [0.1, 0.15) is 39.2 Å². The van der Waals surface area contributed by atoms with Crippen molar-refractivity contribution in [2.75, 3.05) is 0 Å². The molecule has 0 aliphatic heterocycles. The molecular formula is C13H21NS. The van der Waals surface area contributed by atoms with E-state index in [2.05, 4.69) is 49.0 Å². The molecule has 0 amide bonds. The molecule has 1 N–H and O–H groups in total. The predicted octanol–water partition coefficient (Wildman–Crippen LogP) is 3.97. The molecule has 0 saturated heterocycles. The molecule has 0 saturated carbocycles. The minimum Gasteiger partial charge on any atom is -0.310 e. The maximum Gasteiger partial charge on any atom is 0.0216 e. The molecule has 1 unspecified atom stereocenters. The Morgan fingerprint density at radius 3 is 2.93 bits per heavy atom. The lowest BCUT2D eigenvalue weighted by Gasteiger charge is -2.11. The Labute approximate surface area is 97.2 Å². The van der Waals surface area contributed by atoms with Gasteiger partial charge in [-0.25, -0.2) is 0 Å². The smallest absolute Gasteiger partial charge is 0.0216 e. The molecule has 0 fully saturated rings. The summed E-state index contributed by atoms with van der Waals surface area (Å²) in [4.78, 5) is 0. The first-order chi connectivity index (χ1) is 7.18. The lowest BCUT2D eigenvalue weighted by molar-refractivity contribution is 0.518. The zero-order valence-electron chi connectivity index (χ0n) is 9.92. The van der Waals surface area contributed by atoms with Gasteiger partial charge in [0.15, 0.2) is 0 Å². The highest BCUT2D eigenvalue weighted by Crippen LogP contribution is 2.07. The standard InChI is InChI=1S/C13H21NS/c1-11(2)5-4-6-12(3)14-9-13-7-8-15-10-13/h5,7-8,10,12,14H,4,6,9H2,1-3H3. The molecule has 0 aliphatic carbocycles. The second-order valence-corrected chi connectivity index (χ2v) is 5.05. The van der Waals surface area contributed by atoms with E-state index < -0.39 is 0 Å². The third kappa shape index (κ3) is 5.75. The van der Waals surface area contributed by atoms with E-state index in [1.165, 1.54) is 24.0 Å². The normalized spacial score (nSPS) is 12.5. The second kappa shape index (κ2) is 6.81. The number of nitrogens with one attached hydrogen (secondary N) is 1. The summed E-state index contributed by atoms with van der Waals surface area (Å²) in [6.07, 6.45) is 4.71. The van der Waals surface area contributed by atoms with E-state index in [1.807, 2.05) is 0 Å². The average Bonchev–Trinajstić information content (AvgIpc) is 2.66. The minimum absolute atomic E-state index is 0.598. The highest BCUT2D eigenvalue weighted by molar-refractivity contribution is 7.07. The van der Waals surface area contributed by atoms with Crippen molar-refractivity contribution in [1.82, 2.24) is 5.32 Å². The Morgan fingerprint density at radius 1 is 1.53 bits per heavy atom. The molecule has 1 atom stereocenters. The molecule has 1 aromatic heterocycles. The van der Waals surface area contributed by atoms with Crippen LogP contribution < -0.4 is 5.32 Å². The van der Waals surface area contributed by atoms with E-state index in [0.717, 1.165) is 6.54 Å². The van der Waals surface area contributed by atoms with Gasteiger partial charge in [0.25, 0.3) is 0 Å². The number of thiophene rings is 1. The quantitative estimate of drug-likeness (QED) is 0.719. The van der Waals surface area contributed by atoms with Crippen LogP contribution in [-0.4, -0.2) is 6.04 Å². The van der Waals surface area contributed by atoms with Crippen LogP contribution in [0, 0.1) is 0 Å². The zero-order valence-corrected chi connectivity index (χ0v) is 10.7. The molecule has 0 bridgehead atoms. The molecule has 0 aromatic carbocycles. The van der Waals surface area contributed by atoms with Gasteiger partial charge in [0, 0.05) is 12.6 Å². The van der Waals surface area contributed by atoms with Gasteiger partial charge in [-0.1, -0.05) is 11.6 Å². The summed E-state index contributed by atoms with van der Waals surface area (Å²) >= 11 is 1.76. The Morgan fingerprint density at radius 2 is 2.33 bits per heavy atom. The SMILES string of the molecule is CC(C)=CCCC(C)NCc1ccsc1. The highest BCUT2D eigenvalue weighted by Gasteiger charge is 2.00. The molecule has 1 heterocycles. The van der Waals surface area contributed by atoms with Crippen molar-refractivity contribution in [3.05, 3.63) is 34.0 Å². The summed E-state index contributed by atoms with van der Waals surface area (Å²) in [6.45, 7) is 7.57. The van der Waals surface area contributed by atoms with E-state index in [9.17, 15) is 0 Å². The zero-order chi connectivity index (χ0) is 11.1. The molecule has 84 valence electrons. The van der Waals surface area contributed by atoms with Crippen LogP contribution >= 0.6 is 11.3 Å². The predicted molar refractivity (Wildman–Crippen MR) is 69.3 cm³/mol. The first-order valence-electron chi connectivity index (χ1n) is 5.56. The molecule has 2 heteroatoms. The van der Waals surface area contributed by atoms with Gasteiger partial charge < -0.3 is 5.32 Å². The van der Waals surface area contributed by atoms with Gasteiger partial charge in [0.2, 0.25) is 0 Å². The van der Waals surface area contributed by atoms with E-state index in [1.54, 1.807) is 11.3 Å². The van der Waals surface area contributed by atoms with E-state index >= 15 is 0 Å². The maximum atomic E-state index is 3.54. The molecule has 1 rings (SSSR count). The van der Waals surface area contributed by atoms with Crippen molar-refractivity contribution in [2.24, 2.45) is 0 Å². The van der Waals surface area contributed by atoms with Gasteiger partial charge in [0.1, 0.15) is 0 Å². The van der Waals surface area contributed by atoms with Crippen LogP contribution in [0.25, 0.3) is 0 Å². The average molecular weight is 223 g/mol. The third-order valence-corrected chi connectivity index (χ3v) is 3.12. The monoisotopic (exact) mass is 223 g/mol. The van der Waals surface area contributed by atoms with E-state index in [4.69, 9.17) is 0 Å². The lowest BCUT2D eigenvalue weighted by Crippen LogP contribution is -2.24. The van der Waals surface area contributed by atoms with Gasteiger partial charge in [0.05, 0.1) is 0 Å². The number of rotatable bonds is 6. The Kier molecular flexibility index (Phi) is 5.66. The Balaban J connectivity index is 2.14. The fourth-order valence-electron chi connectivity index (χ4n) is 1.41. The molecule has 1 nitrogen and oxygen atoms in total. The van der Waals surface area contributed by atoms with Crippen LogP contribution in [0.15, 0.2) is 28.5 Å². The van der Waals surface area contributed by atoms with Crippen molar-refractivity contribution >= 4 is 11.3 Å². The number of allylic oxidation sites excluding steroid dienone is 2. The van der Waals surface area contributed by atoms with Crippen molar-refractivity contribution in [2.45, 2.75) is 46.2 Å². The molecule has 0 spiro atoms. The molecule has 15 heavy (non-hydrogen) atoms. The maximum absolute atomic E-state index is 3.54. The van der Waals surface area contributed by atoms with Crippen molar-refractivity contribution in [3.63, 3.8) is 0 Å². The van der Waals surface area contributed by atoms with Crippen LogP contribution in [-0.2, 0) is 6.54 Å². The van der Waals surface area contributed by atoms with Gasteiger partial charge in [-0.2, -0.15) is 11.3 Å². The van der Waals surface area contributed by atoms with Gasteiger partial charge in [-0.05, 0) is 56.0 Å². The van der Waals surface area contributed by atoms with Crippen LogP contribution in [0.2, 0.25) is 0 Å². The lowest BCUT2D eigenvalue weighted by atomic mass is 10.1. The largest absolute Gasteiger partial charge is 0.310 e. The van der Waals surface area contributed by atoms with Gasteiger partial charge in [-0.15, -0.1) is 0 Å². The topological polar surface area (TPSA) is 12.0 Å². The van der Waals surface area contributed by atoms with Crippen molar-refractivity contribution in [1.29, 1.82) is 0 Å². The first kappa shape index (κ1) is 12.5. The van der Waals surface area contributed by atoms with Crippen molar-refractivity contribution in [3.8, 4) is 0 Å². The molecule has 1 aromatic rings. The third-order valence-electron chi connectivity index (χ3n) is 2.39. The second-order valence-electron chi connectivity index (χ2n) is 4.27. The molecular weight excluding hydrogens is 202 g/mol. The summed E-state index contributed by atoms with van der Waals surface area (Å²) in [5, 5.41) is 7.87. The number of hydrogen-bond acceptors (Lipinski definition) is 2. The fraction of sp³-hybridized carbons (Fsp3) is 0.538. The van der Waals surface area contributed by atoms with Gasteiger partial charge >= 0.3 is 0 Å². The summed E-state index contributed by atoms with van der Waals surface area (Å²) < 4.78 is 0. The van der Waals surface area contributed by atoms with E-state index in [0.29, 0.717) is 6.04 Å². The van der Waals surface area contributed by atoms with Gasteiger partial charge in [-0.3, -0.25) is 0 Å². The van der Waals surface area contributed by atoms with Crippen LogP contribution in [0.3, 0.4) is 0 Å². The summed E-state index contributed by atoms with van der Waals surface area (Å²) in [7, 11) is 0. The fourth-order valence-corrected chi connectivity index (χ4v) is 2.08. The Bertz CT molecular complexity index is 283. The Hall–Kier alpha value is -0.600. The highest BCUT2D eigenvalue weighted by atomic mass is 32.1. The first-order valence-corrected chi connectivity index (χ1v) is 6.50. The summed E-state index contributed by atoms with van der Waals surface area (Å²) in [5.74, 6) is 0. The number of hydrogen-bond donors (Lipinski definition) is 1. The summed E-state index contributed by atoms with van der Waals surface area (Å²) in [6, 6.07) is 2.78. The molecule has 0 aliphatic rings. The summed E-state index contributed by atoms with van der Waals surface area (Å²) in [5.41, 5.74) is 2.81. The van der Waals surface area contributed by atoms with Crippen LogP contribution in [0.5, 0.6) is 0 Å².